The predicted octanol–water partition coefficient (Wildman–Crippen LogP) is 3.17. The normalized spacial score (nSPS) is 10.6. The summed E-state index contributed by atoms with van der Waals surface area (Å²) in [5.41, 5.74) is 8.02. The summed E-state index contributed by atoms with van der Waals surface area (Å²) in [6.45, 7) is 1.67. The predicted molar refractivity (Wildman–Crippen MR) is 110 cm³/mol. The fourth-order valence-corrected chi connectivity index (χ4v) is 2.89. The van der Waals surface area contributed by atoms with Crippen molar-refractivity contribution in [3.63, 3.8) is 0 Å². The zero-order valence-electron chi connectivity index (χ0n) is 15.9. The van der Waals surface area contributed by atoms with Gasteiger partial charge in [-0.15, -0.1) is 0 Å². The Balaban J connectivity index is 1.65. The number of nitrogen functional groups attached to an aromatic ring is 1. The molecular weight excluding hydrogens is 342 g/mol. The summed E-state index contributed by atoms with van der Waals surface area (Å²) in [4.78, 5) is 11.1. The van der Waals surface area contributed by atoms with Crippen molar-refractivity contribution < 1.29 is 9.47 Å². The number of nitrogens with one attached hydrogen (secondary N) is 1. The molecule has 3 rings (SSSR count). The molecule has 0 bridgehead atoms. The highest BCUT2D eigenvalue weighted by molar-refractivity contribution is 5.91. The number of para-hydroxylation sites is 1. The Kier molecular flexibility index (Phi) is 5.80. The van der Waals surface area contributed by atoms with Crippen LogP contribution in [0.1, 0.15) is 6.42 Å². The van der Waals surface area contributed by atoms with Crippen LogP contribution in [0.25, 0.3) is 10.9 Å². The number of anilines is 3. The van der Waals surface area contributed by atoms with Crippen molar-refractivity contribution in [1.82, 2.24) is 9.97 Å². The molecule has 7 nitrogen and oxygen atoms in total. The topological polar surface area (TPSA) is 85.5 Å². The van der Waals surface area contributed by atoms with E-state index in [4.69, 9.17) is 15.2 Å². The molecule has 7 heteroatoms. The Labute approximate surface area is 159 Å². The average Bonchev–Trinajstić information content (AvgIpc) is 2.70. The van der Waals surface area contributed by atoms with E-state index in [0.717, 1.165) is 24.9 Å². The molecule has 0 radical (unpaired) electrons. The summed E-state index contributed by atoms with van der Waals surface area (Å²) >= 11 is 0. The van der Waals surface area contributed by atoms with E-state index in [1.54, 1.807) is 26.4 Å². The number of nitrogens with two attached hydrogens (primary N) is 1. The largest absolute Gasteiger partial charge is 0.493 e. The number of aromatic nitrogens is 2. The van der Waals surface area contributed by atoms with Crippen molar-refractivity contribution in [2.75, 3.05) is 50.3 Å². The molecule has 0 fully saturated rings. The zero-order valence-corrected chi connectivity index (χ0v) is 15.9. The first-order valence-electron chi connectivity index (χ1n) is 8.81. The summed E-state index contributed by atoms with van der Waals surface area (Å²) in [6.07, 6.45) is 0.943. The zero-order chi connectivity index (χ0) is 19.2. The molecule has 0 aliphatic carbocycles. The third-order valence-corrected chi connectivity index (χ3v) is 4.38. The molecule has 27 heavy (non-hydrogen) atoms. The minimum Gasteiger partial charge on any atom is -0.493 e. The third-order valence-electron chi connectivity index (χ3n) is 4.38. The van der Waals surface area contributed by atoms with Crippen LogP contribution in [-0.4, -0.2) is 44.3 Å². The fourth-order valence-electron chi connectivity index (χ4n) is 2.89. The molecule has 2 aromatic carbocycles. The number of nitrogens with zero attached hydrogens (tertiary/aromatic N) is 3. The Morgan fingerprint density at radius 1 is 1.04 bits per heavy atom. The molecule has 1 aromatic heterocycles. The second-order valence-electron chi connectivity index (χ2n) is 6.19. The number of ether oxygens (including phenoxy) is 2. The monoisotopic (exact) mass is 367 g/mol. The lowest BCUT2D eigenvalue weighted by molar-refractivity contribution is 0.356. The Bertz CT molecular complexity index is 902. The van der Waals surface area contributed by atoms with Crippen LogP contribution in [0.5, 0.6) is 11.5 Å². The molecule has 142 valence electrons. The Hall–Kier alpha value is -3.22. The lowest BCUT2D eigenvalue weighted by Gasteiger charge is -2.19. The minimum absolute atomic E-state index is 0.407. The molecule has 0 saturated heterocycles. The number of hydrogen-bond donors (Lipinski definition) is 2. The van der Waals surface area contributed by atoms with Crippen molar-refractivity contribution in [3.05, 3.63) is 42.5 Å². The van der Waals surface area contributed by atoms with Crippen LogP contribution < -0.4 is 25.4 Å². The molecule has 0 aliphatic heterocycles. The van der Waals surface area contributed by atoms with Gasteiger partial charge in [-0.05, 0) is 24.6 Å². The lowest BCUT2D eigenvalue weighted by atomic mass is 10.2. The number of rotatable bonds is 8. The van der Waals surface area contributed by atoms with Gasteiger partial charge in [0.05, 0.1) is 19.7 Å². The number of hydrogen-bond acceptors (Lipinski definition) is 7. The van der Waals surface area contributed by atoms with E-state index >= 15 is 0 Å². The Morgan fingerprint density at radius 3 is 2.44 bits per heavy atom. The molecule has 0 spiro atoms. The molecule has 0 amide bonds. The summed E-state index contributed by atoms with van der Waals surface area (Å²) in [7, 11) is 5.26. The van der Waals surface area contributed by atoms with Crippen molar-refractivity contribution in [3.8, 4) is 11.5 Å². The van der Waals surface area contributed by atoms with Gasteiger partial charge in [0, 0.05) is 37.3 Å². The van der Waals surface area contributed by atoms with E-state index in [-0.39, 0.29) is 0 Å². The van der Waals surface area contributed by atoms with Crippen LogP contribution in [0.4, 0.5) is 17.5 Å². The van der Waals surface area contributed by atoms with Gasteiger partial charge in [0.25, 0.3) is 0 Å². The first-order valence-corrected chi connectivity index (χ1v) is 8.81. The van der Waals surface area contributed by atoms with E-state index in [1.807, 2.05) is 18.2 Å². The van der Waals surface area contributed by atoms with Crippen molar-refractivity contribution in [1.29, 1.82) is 0 Å². The van der Waals surface area contributed by atoms with Crippen LogP contribution >= 0.6 is 0 Å². The van der Waals surface area contributed by atoms with Gasteiger partial charge in [0.2, 0.25) is 5.95 Å². The van der Waals surface area contributed by atoms with Gasteiger partial charge in [-0.25, -0.2) is 4.98 Å². The highest BCUT2D eigenvalue weighted by atomic mass is 16.5. The van der Waals surface area contributed by atoms with Gasteiger partial charge < -0.3 is 25.4 Å². The van der Waals surface area contributed by atoms with Crippen LogP contribution in [0.2, 0.25) is 0 Å². The molecule has 3 N–H and O–H groups in total. The number of methoxy groups -OCH3 is 2. The average molecular weight is 367 g/mol. The van der Waals surface area contributed by atoms with Gasteiger partial charge in [-0.3, -0.25) is 0 Å². The molecular formula is C20H25N5O2. The van der Waals surface area contributed by atoms with Gasteiger partial charge in [-0.1, -0.05) is 18.2 Å². The quantitative estimate of drug-likeness (QED) is 0.592. The van der Waals surface area contributed by atoms with E-state index in [1.165, 1.54) is 5.69 Å². The summed E-state index contributed by atoms with van der Waals surface area (Å²) < 4.78 is 10.7. The van der Waals surface area contributed by atoms with E-state index in [9.17, 15) is 0 Å². The summed E-state index contributed by atoms with van der Waals surface area (Å²) in [5, 5.41) is 3.99. The second kappa shape index (κ2) is 8.44. The molecule has 0 aliphatic rings. The first kappa shape index (κ1) is 18.6. The highest BCUT2D eigenvalue weighted by Gasteiger charge is 2.11. The van der Waals surface area contributed by atoms with Gasteiger partial charge in [0.1, 0.15) is 5.82 Å². The maximum absolute atomic E-state index is 6.10. The third kappa shape index (κ3) is 4.31. The number of benzene rings is 2. The molecule has 3 aromatic rings. The molecule has 0 atom stereocenters. The molecule has 1 heterocycles. The van der Waals surface area contributed by atoms with Crippen LogP contribution in [0.15, 0.2) is 42.5 Å². The smallest absolute Gasteiger partial charge is 0.225 e. The Morgan fingerprint density at radius 2 is 1.74 bits per heavy atom. The molecule has 0 unspecified atom stereocenters. The van der Waals surface area contributed by atoms with Crippen LogP contribution in [0, 0.1) is 0 Å². The first-order chi connectivity index (χ1) is 13.1. The highest BCUT2D eigenvalue weighted by Crippen LogP contribution is 2.33. The van der Waals surface area contributed by atoms with Crippen molar-refractivity contribution >= 4 is 28.4 Å². The number of fused-ring (bicyclic) bond motifs is 1. The molecule has 0 saturated carbocycles. The fraction of sp³-hybridized carbons (Fsp3) is 0.300. The SMILES string of the molecule is COc1cc2nc(NCCCN(C)c3ccccc3)nc(N)c2cc1OC. The summed E-state index contributed by atoms with van der Waals surface area (Å²) in [5.74, 6) is 2.13. The van der Waals surface area contributed by atoms with Crippen LogP contribution in [0.3, 0.4) is 0 Å². The maximum atomic E-state index is 6.10. The van der Waals surface area contributed by atoms with E-state index in [0.29, 0.717) is 28.8 Å². The van der Waals surface area contributed by atoms with Gasteiger partial charge in [0.15, 0.2) is 11.5 Å². The standard InChI is InChI=1S/C20H25N5O2/c1-25(14-8-5-4-6-9-14)11-7-10-22-20-23-16-13-18(27-3)17(26-2)12-15(16)19(21)24-20/h4-6,8-9,12-13H,7,10-11H2,1-3H3,(H3,21,22,23,24). The minimum atomic E-state index is 0.407. The van der Waals surface area contributed by atoms with E-state index < -0.39 is 0 Å². The van der Waals surface area contributed by atoms with Crippen LogP contribution in [-0.2, 0) is 0 Å². The maximum Gasteiger partial charge on any atom is 0.225 e. The summed E-state index contributed by atoms with van der Waals surface area (Å²) in [6, 6.07) is 13.9. The second-order valence-corrected chi connectivity index (χ2v) is 6.19. The van der Waals surface area contributed by atoms with Crippen molar-refractivity contribution in [2.24, 2.45) is 0 Å². The lowest BCUT2D eigenvalue weighted by Crippen LogP contribution is -2.21. The van der Waals surface area contributed by atoms with Gasteiger partial charge in [-0.2, -0.15) is 4.98 Å². The van der Waals surface area contributed by atoms with E-state index in [2.05, 4.69) is 39.4 Å². The van der Waals surface area contributed by atoms with Gasteiger partial charge >= 0.3 is 0 Å². The van der Waals surface area contributed by atoms with Crippen molar-refractivity contribution in [2.45, 2.75) is 6.42 Å².